The summed E-state index contributed by atoms with van der Waals surface area (Å²) in [5.74, 6) is -2.25. The molecule has 2 unspecified atom stereocenters. The lowest BCUT2D eigenvalue weighted by Crippen LogP contribution is -2.50. The molecule has 7 N–H and O–H groups in total. The monoisotopic (exact) mass is 466 g/mol. The number of rotatable bonds is 11. The number of nitrogens with one attached hydrogen (secondary N) is 2. The molecule has 13 heteroatoms. The van der Waals surface area contributed by atoms with E-state index in [1.54, 1.807) is 6.07 Å². The number of terminal acetylenes is 1. The van der Waals surface area contributed by atoms with Crippen LogP contribution < -0.4 is 21.4 Å². The third-order valence-corrected chi connectivity index (χ3v) is 4.79. The van der Waals surface area contributed by atoms with Gasteiger partial charge in [0.1, 0.15) is 18.6 Å². The van der Waals surface area contributed by atoms with Gasteiger partial charge in [0.05, 0.1) is 5.69 Å². The van der Waals surface area contributed by atoms with Crippen molar-refractivity contribution in [3.63, 3.8) is 0 Å². The van der Waals surface area contributed by atoms with E-state index in [9.17, 15) is 29.2 Å². The molecule has 2 atom stereocenters. The van der Waals surface area contributed by atoms with Gasteiger partial charge in [0, 0.05) is 17.7 Å². The smallest absolute Gasteiger partial charge is 0.322 e. The van der Waals surface area contributed by atoms with Gasteiger partial charge >= 0.3 is 17.2 Å². The predicted molar refractivity (Wildman–Crippen MR) is 114 cm³/mol. The van der Waals surface area contributed by atoms with Crippen LogP contribution in [0.25, 0.3) is 0 Å². The van der Waals surface area contributed by atoms with E-state index in [4.69, 9.17) is 22.4 Å². The van der Waals surface area contributed by atoms with E-state index < -0.39 is 47.6 Å². The molecular weight excluding hydrogens is 444 g/mol. The molecule has 0 bridgehead atoms. The molecule has 1 aromatic rings. The van der Waals surface area contributed by atoms with Crippen molar-refractivity contribution in [3.05, 3.63) is 29.8 Å². The van der Waals surface area contributed by atoms with E-state index in [0.29, 0.717) is 22.4 Å². The molecule has 12 nitrogen and oxygen atoms in total. The Kier molecular flexibility index (Phi) is 10.7. The van der Waals surface area contributed by atoms with E-state index in [2.05, 4.69) is 16.6 Å². The van der Waals surface area contributed by atoms with Crippen molar-refractivity contribution in [2.45, 2.75) is 24.9 Å². The van der Waals surface area contributed by atoms with Crippen molar-refractivity contribution in [2.24, 2.45) is 5.73 Å². The Morgan fingerprint density at radius 1 is 1.22 bits per heavy atom. The number of hydroxylamine groups is 1. The van der Waals surface area contributed by atoms with Crippen LogP contribution in [0.4, 0.5) is 10.5 Å². The fourth-order valence-corrected chi connectivity index (χ4v) is 2.97. The molecule has 0 saturated heterocycles. The lowest BCUT2D eigenvalue weighted by molar-refractivity contribution is -0.139. The number of anilines is 1. The van der Waals surface area contributed by atoms with Gasteiger partial charge in [0.25, 0.3) is 0 Å². The summed E-state index contributed by atoms with van der Waals surface area (Å²) in [4.78, 5) is 58.0. The number of aliphatic carboxylic acids is 2. The summed E-state index contributed by atoms with van der Waals surface area (Å²) >= 11 is 0.478. The molecule has 32 heavy (non-hydrogen) atoms. The molecule has 0 radical (unpaired) electrons. The number of amides is 3. The van der Waals surface area contributed by atoms with E-state index >= 15 is 0 Å². The minimum absolute atomic E-state index is 0.0801. The van der Waals surface area contributed by atoms with Gasteiger partial charge in [-0.3, -0.25) is 29.2 Å². The molecule has 0 aliphatic carbocycles. The van der Waals surface area contributed by atoms with Crippen LogP contribution in [0.5, 0.6) is 0 Å². The Morgan fingerprint density at radius 2 is 1.91 bits per heavy atom. The maximum atomic E-state index is 12.3. The second-order valence-corrected chi connectivity index (χ2v) is 7.27. The number of benzene rings is 1. The average molecular weight is 466 g/mol. The average Bonchev–Trinajstić information content (AvgIpc) is 2.77. The summed E-state index contributed by atoms with van der Waals surface area (Å²) in [7, 11) is 0. The Hall–Kier alpha value is -3.60. The predicted octanol–water partition coefficient (Wildman–Crippen LogP) is -0.406. The molecule has 1 aromatic carbocycles. The highest BCUT2D eigenvalue weighted by Crippen LogP contribution is 2.19. The van der Waals surface area contributed by atoms with Crippen molar-refractivity contribution in [3.8, 4) is 12.3 Å². The van der Waals surface area contributed by atoms with Crippen LogP contribution in [0.2, 0.25) is 0 Å². The SMILES string of the molecule is C#Cc1cccc(N(O)C(=O)SCC(NC(=O)CCC(N)C(=O)O)C(=O)NCC(=O)O)c1. The van der Waals surface area contributed by atoms with Gasteiger partial charge in [-0.1, -0.05) is 23.7 Å². The Balaban J connectivity index is 2.79. The minimum atomic E-state index is -1.35. The molecule has 0 aromatic heterocycles. The van der Waals surface area contributed by atoms with Crippen molar-refractivity contribution < 1.29 is 39.4 Å². The van der Waals surface area contributed by atoms with Crippen molar-refractivity contribution in [1.82, 2.24) is 10.6 Å². The highest BCUT2D eigenvalue weighted by molar-refractivity contribution is 8.13. The van der Waals surface area contributed by atoms with Gasteiger partial charge < -0.3 is 26.6 Å². The van der Waals surface area contributed by atoms with Crippen LogP contribution in [0, 0.1) is 12.3 Å². The van der Waals surface area contributed by atoms with E-state index in [0.717, 1.165) is 0 Å². The number of carbonyl (C=O) groups excluding carboxylic acids is 3. The molecule has 1 rings (SSSR count). The van der Waals surface area contributed by atoms with Crippen LogP contribution in [-0.4, -0.2) is 68.8 Å². The quantitative estimate of drug-likeness (QED) is 0.142. The first kappa shape index (κ1) is 26.4. The van der Waals surface area contributed by atoms with Crippen LogP contribution >= 0.6 is 11.8 Å². The maximum Gasteiger partial charge on any atom is 0.322 e. The number of hydrogen-bond acceptors (Lipinski definition) is 8. The summed E-state index contributed by atoms with van der Waals surface area (Å²) in [6.07, 6.45) is 4.75. The molecule has 0 saturated carbocycles. The van der Waals surface area contributed by atoms with Crippen molar-refractivity contribution >= 4 is 46.4 Å². The number of carboxylic acid groups (broad SMARTS) is 2. The van der Waals surface area contributed by atoms with Gasteiger partial charge in [-0.05, 0) is 24.6 Å². The zero-order chi connectivity index (χ0) is 24.3. The van der Waals surface area contributed by atoms with Crippen LogP contribution in [0.3, 0.4) is 0 Å². The fourth-order valence-electron chi connectivity index (χ4n) is 2.19. The number of carboxylic acids is 2. The van der Waals surface area contributed by atoms with E-state index in [1.165, 1.54) is 18.2 Å². The Bertz CT molecular complexity index is 917. The van der Waals surface area contributed by atoms with Crippen LogP contribution in [0.1, 0.15) is 18.4 Å². The molecular formula is C19H22N4O8S. The lowest BCUT2D eigenvalue weighted by Gasteiger charge is -2.19. The van der Waals surface area contributed by atoms with Gasteiger partial charge in [-0.15, -0.1) is 6.42 Å². The minimum Gasteiger partial charge on any atom is -0.480 e. The number of carbonyl (C=O) groups is 5. The van der Waals surface area contributed by atoms with Crippen LogP contribution in [0.15, 0.2) is 24.3 Å². The third-order valence-electron chi connectivity index (χ3n) is 3.87. The summed E-state index contributed by atoms with van der Waals surface area (Å²) in [5, 5.41) is 31.3. The number of hydrogen-bond donors (Lipinski definition) is 6. The number of nitrogens with zero attached hydrogens (tertiary/aromatic N) is 1. The van der Waals surface area contributed by atoms with Gasteiger partial charge in [0.15, 0.2) is 0 Å². The van der Waals surface area contributed by atoms with E-state index in [-0.39, 0.29) is 24.3 Å². The topological polar surface area (TPSA) is 199 Å². The molecule has 3 amide bonds. The first-order valence-corrected chi connectivity index (χ1v) is 10.0. The normalized spacial score (nSPS) is 12.0. The first-order chi connectivity index (χ1) is 15.0. The van der Waals surface area contributed by atoms with Crippen molar-refractivity contribution in [2.75, 3.05) is 17.4 Å². The Labute approximate surface area is 187 Å². The summed E-state index contributed by atoms with van der Waals surface area (Å²) in [6.45, 7) is -0.724. The molecule has 0 aliphatic heterocycles. The summed E-state index contributed by atoms with van der Waals surface area (Å²) in [5.41, 5.74) is 5.82. The lowest BCUT2D eigenvalue weighted by atomic mass is 10.1. The van der Waals surface area contributed by atoms with Gasteiger partial charge in [-0.2, -0.15) is 5.06 Å². The Morgan fingerprint density at radius 3 is 2.50 bits per heavy atom. The second-order valence-electron chi connectivity index (χ2n) is 6.30. The molecule has 0 heterocycles. The largest absolute Gasteiger partial charge is 0.480 e. The molecule has 0 fully saturated rings. The van der Waals surface area contributed by atoms with E-state index in [1.807, 2.05) is 0 Å². The summed E-state index contributed by atoms with van der Waals surface area (Å²) < 4.78 is 0. The maximum absolute atomic E-state index is 12.3. The standard InChI is InChI=1S/C19H22N4O8S/c1-2-11-4-3-5-12(8-11)23(31)19(30)32-10-14(17(27)21-9-16(25)26)22-15(24)7-6-13(20)18(28)29/h1,3-5,8,13-14,31H,6-7,9-10,20H2,(H,21,27)(H,22,24)(H,25,26)(H,28,29). The van der Waals surface area contributed by atoms with Gasteiger partial charge in [-0.25, -0.2) is 0 Å². The molecule has 172 valence electrons. The van der Waals surface area contributed by atoms with Crippen LogP contribution in [-0.2, 0) is 19.2 Å². The van der Waals surface area contributed by atoms with Gasteiger partial charge in [0.2, 0.25) is 11.8 Å². The number of nitrogens with two attached hydrogens (primary N) is 1. The van der Waals surface area contributed by atoms with Crippen molar-refractivity contribution in [1.29, 1.82) is 0 Å². The second kappa shape index (κ2) is 13.0. The zero-order valence-corrected chi connectivity index (χ0v) is 17.5. The number of thioether (sulfide) groups is 1. The zero-order valence-electron chi connectivity index (χ0n) is 16.7. The third kappa shape index (κ3) is 9.04. The fraction of sp³-hybridized carbons (Fsp3) is 0.316. The first-order valence-electron chi connectivity index (χ1n) is 9.04. The highest BCUT2D eigenvalue weighted by atomic mass is 32.2. The molecule has 0 spiro atoms. The summed E-state index contributed by atoms with van der Waals surface area (Å²) in [6, 6.07) is 3.28. The highest BCUT2D eigenvalue weighted by Gasteiger charge is 2.25. The molecule has 0 aliphatic rings.